The number of para-hydroxylation sites is 1. The molecule has 4 heteroatoms. The summed E-state index contributed by atoms with van der Waals surface area (Å²) in [6.07, 6.45) is 2.21. The first kappa shape index (κ1) is 13.9. The number of nitrogens with zero attached hydrogens (tertiary/aromatic N) is 1. The molecule has 0 aliphatic carbocycles. The lowest BCUT2D eigenvalue weighted by Crippen LogP contribution is -2.40. The van der Waals surface area contributed by atoms with E-state index < -0.39 is 0 Å². The first-order valence-electron chi connectivity index (χ1n) is 6.99. The van der Waals surface area contributed by atoms with Crippen molar-refractivity contribution in [3.05, 3.63) is 29.8 Å². The highest BCUT2D eigenvalue weighted by atomic mass is 16.2. The summed E-state index contributed by atoms with van der Waals surface area (Å²) in [5.74, 6) is 0.737. The smallest absolute Gasteiger partial charge is 0.321 e. The number of hydrogen-bond donors (Lipinski definition) is 2. The summed E-state index contributed by atoms with van der Waals surface area (Å²) < 4.78 is 0. The van der Waals surface area contributed by atoms with Crippen molar-refractivity contribution in [3.8, 4) is 0 Å². The number of benzene rings is 1. The third-order valence-electron chi connectivity index (χ3n) is 3.70. The van der Waals surface area contributed by atoms with E-state index >= 15 is 0 Å². The minimum Gasteiger partial charge on any atom is -0.325 e. The first-order chi connectivity index (χ1) is 9.20. The van der Waals surface area contributed by atoms with Gasteiger partial charge in [-0.05, 0) is 37.4 Å². The summed E-state index contributed by atoms with van der Waals surface area (Å²) in [5.41, 5.74) is 2.02. The third kappa shape index (κ3) is 3.70. The quantitative estimate of drug-likeness (QED) is 0.878. The van der Waals surface area contributed by atoms with Crippen LogP contribution in [0.3, 0.4) is 0 Å². The van der Waals surface area contributed by atoms with Crippen LogP contribution in [0, 0.1) is 5.92 Å². The van der Waals surface area contributed by atoms with Crippen molar-refractivity contribution >= 4 is 11.7 Å². The summed E-state index contributed by atoms with van der Waals surface area (Å²) in [6.45, 7) is 4.73. The normalized spacial score (nSPS) is 16.4. The maximum absolute atomic E-state index is 12.2. The molecule has 0 spiro atoms. The van der Waals surface area contributed by atoms with Gasteiger partial charge in [-0.1, -0.05) is 25.1 Å². The van der Waals surface area contributed by atoms with Crippen molar-refractivity contribution in [2.75, 3.05) is 25.5 Å². The van der Waals surface area contributed by atoms with Gasteiger partial charge in [0.1, 0.15) is 0 Å². The molecule has 1 aromatic rings. The largest absolute Gasteiger partial charge is 0.325 e. The van der Waals surface area contributed by atoms with Crippen LogP contribution in [0.25, 0.3) is 0 Å². The average molecular weight is 261 g/mol. The number of likely N-dealkylation sites (tertiary alicyclic amines) is 1. The Morgan fingerprint density at radius 2 is 2.00 bits per heavy atom. The van der Waals surface area contributed by atoms with E-state index in [1.54, 1.807) is 0 Å². The standard InChI is InChI=1S/C15H23N3O/c1-12-7-9-18(10-8-12)15(19)17-14-6-4-3-5-13(14)11-16-2/h3-6,12,16H,7-11H2,1-2H3,(H,17,19). The first-order valence-corrected chi connectivity index (χ1v) is 6.99. The zero-order valence-corrected chi connectivity index (χ0v) is 11.8. The molecule has 1 aromatic carbocycles. The molecule has 2 rings (SSSR count). The second-order valence-electron chi connectivity index (χ2n) is 5.29. The lowest BCUT2D eigenvalue weighted by Gasteiger charge is -2.30. The Kier molecular flexibility index (Phi) is 4.80. The highest BCUT2D eigenvalue weighted by Crippen LogP contribution is 2.19. The molecule has 1 aliphatic rings. The predicted molar refractivity (Wildman–Crippen MR) is 78.2 cm³/mol. The molecule has 0 saturated carbocycles. The Labute approximate surface area is 115 Å². The molecule has 1 saturated heterocycles. The lowest BCUT2D eigenvalue weighted by atomic mass is 10.00. The fourth-order valence-corrected chi connectivity index (χ4v) is 2.39. The van der Waals surface area contributed by atoms with Gasteiger partial charge in [-0.3, -0.25) is 0 Å². The molecule has 0 unspecified atom stereocenters. The van der Waals surface area contributed by atoms with E-state index in [-0.39, 0.29) is 6.03 Å². The molecule has 1 aliphatic heterocycles. The highest BCUT2D eigenvalue weighted by molar-refractivity contribution is 5.90. The molecule has 4 nitrogen and oxygen atoms in total. The van der Waals surface area contributed by atoms with E-state index in [1.165, 1.54) is 0 Å². The Hall–Kier alpha value is -1.55. The molecule has 104 valence electrons. The number of nitrogens with one attached hydrogen (secondary N) is 2. The molecular weight excluding hydrogens is 238 g/mol. The minimum absolute atomic E-state index is 0.0236. The van der Waals surface area contributed by atoms with Crippen LogP contribution in [0.15, 0.2) is 24.3 Å². The van der Waals surface area contributed by atoms with Crippen LogP contribution >= 0.6 is 0 Å². The van der Waals surface area contributed by atoms with E-state index in [1.807, 2.05) is 36.2 Å². The molecule has 1 fully saturated rings. The maximum Gasteiger partial charge on any atom is 0.321 e. The fraction of sp³-hybridized carbons (Fsp3) is 0.533. The van der Waals surface area contributed by atoms with Crippen LogP contribution in [0.1, 0.15) is 25.3 Å². The van der Waals surface area contributed by atoms with Crippen molar-refractivity contribution in [1.29, 1.82) is 0 Å². The van der Waals surface area contributed by atoms with Crippen LogP contribution < -0.4 is 10.6 Å². The van der Waals surface area contributed by atoms with Crippen molar-refractivity contribution in [1.82, 2.24) is 10.2 Å². The van der Waals surface area contributed by atoms with Gasteiger partial charge in [0.2, 0.25) is 0 Å². The molecule has 0 radical (unpaired) electrons. The summed E-state index contributed by atoms with van der Waals surface area (Å²) in [7, 11) is 1.91. The summed E-state index contributed by atoms with van der Waals surface area (Å²) in [4.78, 5) is 14.1. The number of hydrogen-bond acceptors (Lipinski definition) is 2. The van der Waals surface area contributed by atoms with Crippen molar-refractivity contribution < 1.29 is 4.79 Å². The Bertz CT molecular complexity index is 425. The van der Waals surface area contributed by atoms with Gasteiger partial charge in [-0.15, -0.1) is 0 Å². The average Bonchev–Trinajstić information content (AvgIpc) is 2.42. The van der Waals surface area contributed by atoms with Gasteiger partial charge in [0, 0.05) is 25.3 Å². The van der Waals surface area contributed by atoms with Gasteiger partial charge >= 0.3 is 6.03 Å². The number of carbonyl (C=O) groups excluding carboxylic acids is 1. The monoisotopic (exact) mass is 261 g/mol. The van der Waals surface area contributed by atoms with Crippen LogP contribution in [0.4, 0.5) is 10.5 Å². The maximum atomic E-state index is 12.2. The number of carbonyl (C=O) groups is 1. The molecule has 19 heavy (non-hydrogen) atoms. The van der Waals surface area contributed by atoms with E-state index in [4.69, 9.17) is 0 Å². The van der Waals surface area contributed by atoms with E-state index in [0.717, 1.165) is 49.6 Å². The number of anilines is 1. The minimum atomic E-state index is 0.0236. The van der Waals surface area contributed by atoms with Crippen LogP contribution in [0.5, 0.6) is 0 Å². The molecule has 2 N–H and O–H groups in total. The van der Waals surface area contributed by atoms with Crippen LogP contribution in [0.2, 0.25) is 0 Å². The van der Waals surface area contributed by atoms with Gasteiger partial charge in [0.15, 0.2) is 0 Å². The number of rotatable bonds is 3. The number of urea groups is 1. The zero-order valence-electron chi connectivity index (χ0n) is 11.8. The highest BCUT2D eigenvalue weighted by Gasteiger charge is 2.20. The SMILES string of the molecule is CNCc1ccccc1NC(=O)N1CCC(C)CC1. The Morgan fingerprint density at radius 3 is 2.68 bits per heavy atom. The van der Waals surface area contributed by atoms with Crippen LogP contribution in [-0.4, -0.2) is 31.1 Å². The van der Waals surface area contributed by atoms with Gasteiger partial charge < -0.3 is 15.5 Å². The topological polar surface area (TPSA) is 44.4 Å². The van der Waals surface area contributed by atoms with Gasteiger partial charge in [0.05, 0.1) is 0 Å². The molecule has 0 aromatic heterocycles. The van der Waals surface area contributed by atoms with Crippen molar-refractivity contribution in [3.63, 3.8) is 0 Å². The summed E-state index contributed by atoms with van der Waals surface area (Å²) in [5, 5.41) is 6.14. The lowest BCUT2D eigenvalue weighted by molar-refractivity contribution is 0.186. The summed E-state index contributed by atoms with van der Waals surface area (Å²) >= 11 is 0. The van der Waals surface area contributed by atoms with Crippen molar-refractivity contribution in [2.24, 2.45) is 5.92 Å². The molecule has 2 amide bonds. The zero-order chi connectivity index (χ0) is 13.7. The molecule has 0 atom stereocenters. The number of amides is 2. The summed E-state index contributed by atoms with van der Waals surface area (Å²) in [6, 6.07) is 7.95. The molecule has 0 bridgehead atoms. The van der Waals surface area contributed by atoms with Crippen molar-refractivity contribution in [2.45, 2.75) is 26.3 Å². The van der Waals surface area contributed by atoms with E-state index in [9.17, 15) is 4.79 Å². The third-order valence-corrected chi connectivity index (χ3v) is 3.70. The van der Waals surface area contributed by atoms with Gasteiger partial charge in [0.25, 0.3) is 0 Å². The van der Waals surface area contributed by atoms with Crippen LogP contribution in [-0.2, 0) is 6.54 Å². The van der Waals surface area contributed by atoms with Gasteiger partial charge in [-0.25, -0.2) is 4.79 Å². The van der Waals surface area contributed by atoms with E-state index in [0.29, 0.717) is 0 Å². The van der Waals surface area contributed by atoms with Gasteiger partial charge in [-0.2, -0.15) is 0 Å². The second-order valence-corrected chi connectivity index (χ2v) is 5.29. The predicted octanol–water partition coefficient (Wildman–Crippen LogP) is 2.67. The molecule has 1 heterocycles. The Balaban J connectivity index is 1.98. The second kappa shape index (κ2) is 6.57. The Morgan fingerprint density at radius 1 is 1.32 bits per heavy atom. The number of piperidine rings is 1. The fourth-order valence-electron chi connectivity index (χ4n) is 2.39. The molecular formula is C15H23N3O. The van der Waals surface area contributed by atoms with E-state index in [2.05, 4.69) is 17.6 Å².